The third-order valence-electron chi connectivity index (χ3n) is 2.54. The maximum Gasteiger partial charge on any atom is 0.0337 e. The van der Waals surface area contributed by atoms with Gasteiger partial charge in [0.05, 0.1) is 0 Å². The van der Waals surface area contributed by atoms with Crippen LogP contribution in [0.4, 0.5) is 5.69 Å². The molecule has 0 radical (unpaired) electrons. The fourth-order valence-electron chi connectivity index (χ4n) is 1.53. The molecule has 0 saturated carbocycles. The van der Waals surface area contributed by atoms with Gasteiger partial charge in [0, 0.05) is 17.2 Å². The Balaban J connectivity index is 2.11. The smallest absolute Gasteiger partial charge is 0.0337 e. The molecule has 1 N–H and O–H groups in total. The van der Waals surface area contributed by atoms with E-state index in [0.717, 1.165) is 10.2 Å². The highest BCUT2D eigenvalue weighted by Crippen LogP contribution is 2.14. The normalized spacial score (nSPS) is 10.7. The van der Waals surface area contributed by atoms with Gasteiger partial charge in [-0.25, -0.2) is 0 Å². The Morgan fingerprint density at radius 2 is 1.29 bits per heavy atom. The van der Waals surface area contributed by atoms with E-state index in [1.807, 2.05) is 19.2 Å². The lowest BCUT2D eigenvalue weighted by Gasteiger charge is -1.99. The number of benzene rings is 2. The molecular weight excluding hydrogens is 274 g/mol. The van der Waals surface area contributed by atoms with Crippen LogP contribution in [-0.4, -0.2) is 7.05 Å². The zero-order valence-electron chi connectivity index (χ0n) is 9.65. The van der Waals surface area contributed by atoms with E-state index >= 15 is 0 Å². The van der Waals surface area contributed by atoms with Crippen LogP contribution < -0.4 is 5.32 Å². The van der Waals surface area contributed by atoms with Crippen LogP contribution in [0.25, 0.3) is 12.2 Å². The highest BCUT2D eigenvalue weighted by Gasteiger charge is 1.90. The summed E-state index contributed by atoms with van der Waals surface area (Å²) in [4.78, 5) is 0. The minimum absolute atomic E-state index is 1.10. The third-order valence-corrected chi connectivity index (χ3v) is 3.07. The van der Waals surface area contributed by atoms with Crippen molar-refractivity contribution < 1.29 is 0 Å². The predicted molar refractivity (Wildman–Crippen MR) is 79.1 cm³/mol. The molecule has 86 valence electrons. The Bertz CT molecular complexity index is 497. The molecule has 0 saturated heterocycles. The maximum atomic E-state index is 3.43. The molecule has 0 heterocycles. The topological polar surface area (TPSA) is 12.0 Å². The second kappa shape index (κ2) is 5.69. The summed E-state index contributed by atoms with van der Waals surface area (Å²) < 4.78 is 1.10. The van der Waals surface area contributed by atoms with Crippen LogP contribution in [0.15, 0.2) is 53.0 Å². The Labute approximate surface area is 110 Å². The monoisotopic (exact) mass is 287 g/mol. The average Bonchev–Trinajstić information content (AvgIpc) is 2.39. The average molecular weight is 288 g/mol. The first-order valence-corrected chi connectivity index (χ1v) is 6.29. The van der Waals surface area contributed by atoms with Gasteiger partial charge in [0.1, 0.15) is 0 Å². The standard InChI is InChI=1S/C15H14BrN/c1-17-15-10-6-13(7-11-15)3-2-12-4-8-14(16)9-5-12/h2-11,17H,1H3/b3-2+. The van der Waals surface area contributed by atoms with Crippen LogP contribution in [0.2, 0.25) is 0 Å². The van der Waals surface area contributed by atoms with E-state index in [0.29, 0.717) is 0 Å². The summed E-state index contributed by atoms with van der Waals surface area (Å²) in [5.74, 6) is 0. The van der Waals surface area contributed by atoms with E-state index < -0.39 is 0 Å². The van der Waals surface area contributed by atoms with Gasteiger partial charge in [0.2, 0.25) is 0 Å². The summed E-state index contributed by atoms with van der Waals surface area (Å²) in [5.41, 5.74) is 3.53. The van der Waals surface area contributed by atoms with E-state index in [2.05, 4.69) is 69.8 Å². The molecule has 2 aromatic carbocycles. The number of halogens is 1. The number of hydrogen-bond donors (Lipinski definition) is 1. The fraction of sp³-hybridized carbons (Fsp3) is 0.0667. The second-order valence-electron chi connectivity index (χ2n) is 3.76. The quantitative estimate of drug-likeness (QED) is 0.810. The molecule has 0 bridgehead atoms. The first kappa shape index (κ1) is 11.9. The van der Waals surface area contributed by atoms with Gasteiger partial charge in [0.15, 0.2) is 0 Å². The fourth-order valence-corrected chi connectivity index (χ4v) is 1.79. The molecule has 1 nitrogen and oxygen atoms in total. The molecule has 2 aromatic rings. The minimum Gasteiger partial charge on any atom is -0.388 e. The van der Waals surface area contributed by atoms with Gasteiger partial charge in [-0.1, -0.05) is 52.3 Å². The predicted octanol–water partition coefficient (Wildman–Crippen LogP) is 4.66. The van der Waals surface area contributed by atoms with Crippen molar-refractivity contribution in [2.24, 2.45) is 0 Å². The van der Waals surface area contributed by atoms with Crippen LogP contribution in [0.3, 0.4) is 0 Å². The number of rotatable bonds is 3. The number of hydrogen-bond acceptors (Lipinski definition) is 1. The summed E-state index contributed by atoms with van der Waals surface area (Å²) in [6.45, 7) is 0. The summed E-state index contributed by atoms with van der Waals surface area (Å²) in [7, 11) is 1.92. The van der Waals surface area contributed by atoms with E-state index in [9.17, 15) is 0 Å². The zero-order valence-corrected chi connectivity index (χ0v) is 11.2. The maximum absolute atomic E-state index is 3.43. The molecule has 0 aliphatic heterocycles. The second-order valence-corrected chi connectivity index (χ2v) is 4.67. The summed E-state index contributed by atoms with van der Waals surface area (Å²) in [6.07, 6.45) is 4.23. The molecule has 0 amide bonds. The third kappa shape index (κ3) is 3.46. The molecule has 0 aliphatic rings. The van der Waals surface area contributed by atoms with Gasteiger partial charge >= 0.3 is 0 Å². The van der Waals surface area contributed by atoms with E-state index in [4.69, 9.17) is 0 Å². The molecule has 0 aliphatic carbocycles. The molecule has 0 unspecified atom stereocenters. The molecule has 0 aromatic heterocycles. The van der Waals surface area contributed by atoms with Gasteiger partial charge in [-0.05, 0) is 35.4 Å². The minimum atomic E-state index is 1.10. The van der Waals surface area contributed by atoms with Crippen LogP contribution in [0.1, 0.15) is 11.1 Å². The van der Waals surface area contributed by atoms with Crippen LogP contribution in [-0.2, 0) is 0 Å². The largest absolute Gasteiger partial charge is 0.388 e. The molecule has 0 spiro atoms. The first-order chi connectivity index (χ1) is 8.28. The van der Waals surface area contributed by atoms with E-state index in [1.165, 1.54) is 11.1 Å². The lowest BCUT2D eigenvalue weighted by atomic mass is 10.1. The Morgan fingerprint density at radius 3 is 1.76 bits per heavy atom. The molecule has 2 rings (SSSR count). The van der Waals surface area contributed by atoms with Crippen molar-refractivity contribution in [2.75, 3.05) is 12.4 Å². The van der Waals surface area contributed by atoms with Crippen molar-refractivity contribution in [1.29, 1.82) is 0 Å². The van der Waals surface area contributed by atoms with Crippen molar-refractivity contribution in [3.63, 3.8) is 0 Å². The van der Waals surface area contributed by atoms with Crippen LogP contribution in [0.5, 0.6) is 0 Å². The molecular formula is C15H14BrN. The lowest BCUT2D eigenvalue weighted by Crippen LogP contribution is -1.86. The van der Waals surface area contributed by atoms with E-state index in [-0.39, 0.29) is 0 Å². The lowest BCUT2D eigenvalue weighted by molar-refractivity contribution is 1.51. The summed E-state index contributed by atoms with van der Waals surface area (Å²) in [5, 5.41) is 3.10. The Morgan fingerprint density at radius 1 is 0.824 bits per heavy atom. The van der Waals surface area contributed by atoms with Gasteiger partial charge < -0.3 is 5.32 Å². The van der Waals surface area contributed by atoms with Gasteiger partial charge in [0.25, 0.3) is 0 Å². The van der Waals surface area contributed by atoms with Crippen LogP contribution in [0, 0.1) is 0 Å². The van der Waals surface area contributed by atoms with Crippen LogP contribution >= 0.6 is 15.9 Å². The summed E-state index contributed by atoms with van der Waals surface area (Å²) in [6, 6.07) is 16.6. The number of nitrogens with one attached hydrogen (secondary N) is 1. The van der Waals surface area contributed by atoms with E-state index in [1.54, 1.807) is 0 Å². The van der Waals surface area contributed by atoms with Crippen molar-refractivity contribution in [2.45, 2.75) is 0 Å². The molecule has 17 heavy (non-hydrogen) atoms. The molecule has 0 fully saturated rings. The Hall–Kier alpha value is -1.54. The SMILES string of the molecule is CNc1ccc(/C=C/c2ccc(Br)cc2)cc1. The molecule has 0 atom stereocenters. The van der Waals surface area contributed by atoms with Crippen molar-refractivity contribution >= 4 is 33.8 Å². The summed E-state index contributed by atoms with van der Waals surface area (Å²) >= 11 is 3.43. The van der Waals surface area contributed by atoms with Crippen molar-refractivity contribution in [3.05, 3.63) is 64.1 Å². The van der Waals surface area contributed by atoms with Gasteiger partial charge in [-0.15, -0.1) is 0 Å². The highest BCUT2D eigenvalue weighted by molar-refractivity contribution is 9.10. The zero-order chi connectivity index (χ0) is 12.1. The van der Waals surface area contributed by atoms with Gasteiger partial charge in [-0.2, -0.15) is 0 Å². The Kier molecular flexibility index (Phi) is 3.99. The number of anilines is 1. The molecule has 2 heteroatoms. The van der Waals surface area contributed by atoms with Gasteiger partial charge in [-0.3, -0.25) is 0 Å². The highest BCUT2D eigenvalue weighted by atomic mass is 79.9. The van der Waals surface area contributed by atoms with Crippen molar-refractivity contribution in [3.8, 4) is 0 Å². The first-order valence-electron chi connectivity index (χ1n) is 5.49. The van der Waals surface area contributed by atoms with Crippen molar-refractivity contribution in [1.82, 2.24) is 0 Å².